The fourth-order valence-electron chi connectivity index (χ4n) is 2.27. The van der Waals surface area contributed by atoms with E-state index >= 15 is 0 Å². The highest BCUT2D eigenvalue weighted by molar-refractivity contribution is 5.57. The molecule has 10 nitrogen and oxygen atoms in total. The van der Waals surface area contributed by atoms with Gasteiger partial charge in [-0.3, -0.25) is 4.40 Å². The van der Waals surface area contributed by atoms with E-state index < -0.39 is 0 Å². The monoisotopic (exact) mass is 282 g/mol. The molecule has 4 heterocycles. The third-order valence-electron chi connectivity index (χ3n) is 3.21. The second kappa shape index (κ2) is 4.74. The quantitative estimate of drug-likeness (QED) is 0.531. The Bertz CT molecular complexity index is 845. The normalized spacial score (nSPS) is 11.2. The number of tetrazole rings is 2. The summed E-state index contributed by atoms with van der Waals surface area (Å²) in [6.45, 7) is 0. The van der Waals surface area contributed by atoms with Gasteiger partial charge in [-0.1, -0.05) is 6.07 Å². The number of aromatic nitrogens is 10. The first-order chi connectivity index (χ1) is 10.4. The Morgan fingerprint density at radius 1 is 1.00 bits per heavy atom. The fraction of sp³-hybridized carbons (Fsp3) is 0.182. The van der Waals surface area contributed by atoms with Crippen LogP contribution in [0.3, 0.4) is 0 Å². The van der Waals surface area contributed by atoms with Crippen molar-refractivity contribution >= 4 is 5.65 Å². The number of nitrogens with one attached hydrogen (secondary N) is 2. The third kappa shape index (κ3) is 2.02. The highest BCUT2D eigenvalue weighted by Crippen LogP contribution is 2.19. The first-order valence-corrected chi connectivity index (χ1v) is 6.34. The van der Waals surface area contributed by atoms with Gasteiger partial charge < -0.3 is 0 Å². The molecule has 4 aromatic heterocycles. The number of rotatable bonds is 4. The maximum atomic E-state index is 4.38. The van der Waals surface area contributed by atoms with Crippen molar-refractivity contribution in [2.24, 2.45) is 0 Å². The second-order valence-electron chi connectivity index (χ2n) is 4.45. The molecule has 0 bridgehead atoms. The van der Waals surface area contributed by atoms with Crippen molar-refractivity contribution in [2.75, 3.05) is 0 Å². The lowest BCUT2D eigenvalue weighted by molar-refractivity contribution is 0.827. The van der Waals surface area contributed by atoms with Crippen molar-refractivity contribution < 1.29 is 0 Å². The van der Waals surface area contributed by atoms with Crippen LogP contribution in [-0.4, -0.2) is 50.6 Å². The van der Waals surface area contributed by atoms with Gasteiger partial charge >= 0.3 is 0 Å². The van der Waals surface area contributed by atoms with E-state index in [0.717, 1.165) is 29.3 Å². The number of pyridine rings is 1. The lowest BCUT2D eigenvalue weighted by Gasteiger charge is -2.06. The molecule has 0 radical (unpaired) electrons. The summed E-state index contributed by atoms with van der Waals surface area (Å²) in [6, 6.07) is 5.94. The first kappa shape index (κ1) is 11.6. The Hall–Kier alpha value is -3.17. The largest absolute Gasteiger partial charge is 0.294 e. The number of hydrogen-bond acceptors (Lipinski definition) is 7. The Labute approximate surface area is 117 Å². The zero-order valence-corrected chi connectivity index (χ0v) is 10.8. The molecule has 104 valence electrons. The number of nitrogens with zero attached hydrogens (tertiary/aromatic N) is 8. The average molecular weight is 282 g/mol. The minimum atomic E-state index is 0.580. The van der Waals surface area contributed by atoms with Crippen LogP contribution in [0.25, 0.3) is 17.2 Å². The molecule has 0 aliphatic carbocycles. The van der Waals surface area contributed by atoms with Crippen LogP contribution in [0.2, 0.25) is 0 Å². The fourth-order valence-corrected chi connectivity index (χ4v) is 2.27. The van der Waals surface area contributed by atoms with Crippen LogP contribution in [0.15, 0.2) is 24.4 Å². The minimum absolute atomic E-state index is 0.580. The first-order valence-electron chi connectivity index (χ1n) is 6.34. The van der Waals surface area contributed by atoms with Crippen LogP contribution in [0.5, 0.6) is 0 Å². The lowest BCUT2D eigenvalue weighted by Crippen LogP contribution is -2.02. The Kier molecular flexibility index (Phi) is 2.63. The number of H-pyrrole nitrogens is 2. The zero-order valence-electron chi connectivity index (χ0n) is 10.8. The highest BCUT2D eigenvalue weighted by Gasteiger charge is 2.12. The van der Waals surface area contributed by atoms with Gasteiger partial charge in [0.2, 0.25) is 0 Å². The van der Waals surface area contributed by atoms with Crippen LogP contribution in [-0.2, 0) is 12.8 Å². The average Bonchev–Trinajstić information content (AvgIpc) is 3.24. The molecule has 0 amide bonds. The maximum absolute atomic E-state index is 4.38. The summed E-state index contributed by atoms with van der Waals surface area (Å²) >= 11 is 0. The van der Waals surface area contributed by atoms with Crippen molar-refractivity contribution in [3.05, 3.63) is 35.9 Å². The van der Waals surface area contributed by atoms with Crippen molar-refractivity contribution in [2.45, 2.75) is 12.8 Å². The predicted molar refractivity (Wildman–Crippen MR) is 69.9 cm³/mol. The van der Waals surface area contributed by atoms with E-state index in [2.05, 4.69) is 46.2 Å². The Morgan fingerprint density at radius 2 is 1.90 bits per heavy atom. The van der Waals surface area contributed by atoms with E-state index in [-0.39, 0.29) is 0 Å². The van der Waals surface area contributed by atoms with Crippen LogP contribution < -0.4 is 0 Å². The molecule has 0 saturated heterocycles. The van der Waals surface area contributed by atoms with Gasteiger partial charge in [0.1, 0.15) is 17.2 Å². The summed E-state index contributed by atoms with van der Waals surface area (Å²) in [6.07, 6.45) is 3.22. The van der Waals surface area contributed by atoms with Gasteiger partial charge in [0.15, 0.2) is 5.82 Å². The molecule has 0 aliphatic rings. The molecule has 0 saturated carbocycles. The summed E-state index contributed by atoms with van der Waals surface area (Å²) in [5.74, 6) is 1.33. The predicted octanol–water partition coefficient (Wildman–Crippen LogP) is -0.187. The summed E-state index contributed by atoms with van der Waals surface area (Å²) in [5, 5.41) is 27.7. The summed E-state index contributed by atoms with van der Waals surface area (Å²) in [7, 11) is 0. The molecule has 10 heteroatoms. The SMILES string of the molecule is c1cc(CCc2nnn[nH]2)n2c(-c3nnn[nH]3)cnc2c1. The second-order valence-corrected chi connectivity index (χ2v) is 4.45. The molecular formula is C11H10N10. The molecule has 0 fully saturated rings. The summed E-state index contributed by atoms with van der Waals surface area (Å²) < 4.78 is 2.02. The number of aryl methyl sites for hydroxylation is 2. The standard InChI is InChI=1S/C11H10N10/c1-2-7(4-5-9-13-17-18-14-9)21-8(6-12-10(21)3-1)11-15-19-20-16-11/h1-3,6H,4-5H2,(H,13,14,17,18)(H,15,16,19,20). The molecular weight excluding hydrogens is 272 g/mol. The Balaban J connectivity index is 1.76. The lowest BCUT2D eigenvalue weighted by atomic mass is 10.2. The van der Waals surface area contributed by atoms with E-state index in [0.29, 0.717) is 12.2 Å². The maximum Gasteiger partial charge on any atom is 0.198 e. The van der Waals surface area contributed by atoms with Gasteiger partial charge in [-0.25, -0.2) is 15.2 Å². The smallest absolute Gasteiger partial charge is 0.198 e. The van der Waals surface area contributed by atoms with Crippen molar-refractivity contribution in [1.82, 2.24) is 50.6 Å². The van der Waals surface area contributed by atoms with E-state index in [9.17, 15) is 0 Å². The van der Waals surface area contributed by atoms with E-state index in [1.807, 2.05) is 22.6 Å². The number of imidazole rings is 1. The summed E-state index contributed by atoms with van der Waals surface area (Å²) in [5.41, 5.74) is 2.74. The minimum Gasteiger partial charge on any atom is -0.294 e. The molecule has 0 unspecified atom stereocenters. The molecule has 0 atom stereocenters. The van der Waals surface area contributed by atoms with Gasteiger partial charge in [-0.15, -0.1) is 10.2 Å². The molecule has 21 heavy (non-hydrogen) atoms. The Morgan fingerprint density at radius 3 is 2.71 bits per heavy atom. The number of fused-ring (bicyclic) bond motifs is 1. The van der Waals surface area contributed by atoms with Gasteiger partial charge in [0, 0.05) is 12.1 Å². The van der Waals surface area contributed by atoms with Crippen LogP contribution >= 0.6 is 0 Å². The molecule has 0 aromatic carbocycles. The van der Waals surface area contributed by atoms with Crippen LogP contribution in [0.4, 0.5) is 0 Å². The van der Waals surface area contributed by atoms with Gasteiger partial charge in [0.25, 0.3) is 0 Å². The van der Waals surface area contributed by atoms with Crippen molar-refractivity contribution in [3.63, 3.8) is 0 Å². The number of aromatic amines is 2. The highest BCUT2D eigenvalue weighted by atomic mass is 15.5. The van der Waals surface area contributed by atoms with E-state index in [1.165, 1.54) is 0 Å². The molecule has 2 N–H and O–H groups in total. The topological polar surface area (TPSA) is 126 Å². The molecule has 0 aliphatic heterocycles. The van der Waals surface area contributed by atoms with E-state index in [4.69, 9.17) is 0 Å². The van der Waals surface area contributed by atoms with Crippen molar-refractivity contribution in [3.8, 4) is 11.5 Å². The van der Waals surface area contributed by atoms with Crippen LogP contribution in [0, 0.1) is 0 Å². The van der Waals surface area contributed by atoms with Gasteiger partial charge in [-0.05, 0) is 39.4 Å². The van der Waals surface area contributed by atoms with Crippen LogP contribution in [0.1, 0.15) is 11.5 Å². The van der Waals surface area contributed by atoms with E-state index in [1.54, 1.807) is 6.20 Å². The van der Waals surface area contributed by atoms with Crippen molar-refractivity contribution in [1.29, 1.82) is 0 Å². The molecule has 4 aromatic rings. The number of hydrogen-bond donors (Lipinski definition) is 2. The zero-order chi connectivity index (χ0) is 14.1. The third-order valence-corrected chi connectivity index (χ3v) is 3.21. The summed E-state index contributed by atoms with van der Waals surface area (Å²) in [4.78, 5) is 4.38. The van der Waals surface area contributed by atoms with Gasteiger partial charge in [0.05, 0.1) is 6.20 Å². The molecule has 0 spiro atoms. The molecule has 4 rings (SSSR count). The van der Waals surface area contributed by atoms with Gasteiger partial charge in [-0.2, -0.15) is 0 Å².